The van der Waals surface area contributed by atoms with Crippen LogP contribution in [-0.2, 0) is 4.79 Å². The van der Waals surface area contributed by atoms with Crippen LogP contribution < -0.4 is 10.6 Å². The second-order valence-electron chi connectivity index (χ2n) is 6.41. The van der Waals surface area contributed by atoms with E-state index in [4.69, 9.17) is 0 Å². The number of rotatable bonds is 2. The van der Waals surface area contributed by atoms with Crippen molar-refractivity contribution in [3.63, 3.8) is 0 Å². The first kappa shape index (κ1) is 15.5. The largest absolute Gasteiger partial charge is 0.323 e. The minimum atomic E-state index is -0.135. The van der Waals surface area contributed by atoms with Crippen molar-refractivity contribution in [1.29, 1.82) is 0 Å². The van der Waals surface area contributed by atoms with Crippen LogP contribution in [-0.4, -0.2) is 18.5 Å². The van der Waals surface area contributed by atoms with E-state index in [1.54, 1.807) is 0 Å². The maximum Gasteiger partial charge on any atom is 0.242 e. The van der Waals surface area contributed by atoms with Crippen LogP contribution in [0.1, 0.15) is 37.8 Å². The molecule has 1 unspecified atom stereocenters. The third-order valence-corrected chi connectivity index (χ3v) is 4.70. The van der Waals surface area contributed by atoms with Gasteiger partial charge in [-0.15, -0.1) is 0 Å². The van der Waals surface area contributed by atoms with Gasteiger partial charge < -0.3 is 10.6 Å². The topological polar surface area (TPSA) is 41.1 Å². The highest BCUT2D eigenvalue weighted by Crippen LogP contribution is 2.32. The molecule has 3 nitrogen and oxygen atoms in total. The number of piperidine rings is 1. The Morgan fingerprint density at radius 2 is 2.10 bits per heavy atom. The Labute approximate surface area is 129 Å². The number of aryl methyl sites for hydroxylation is 2. The van der Waals surface area contributed by atoms with Gasteiger partial charge in [-0.05, 0) is 71.8 Å². The predicted molar refractivity (Wildman–Crippen MR) is 87.1 cm³/mol. The maximum absolute atomic E-state index is 12.6. The highest BCUT2D eigenvalue weighted by molar-refractivity contribution is 9.10. The molecule has 1 heterocycles. The van der Waals surface area contributed by atoms with Gasteiger partial charge in [0.15, 0.2) is 0 Å². The first-order chi connectivity index (χ1) is 9.31. The van der Waals surface area contributed by atoms with Crippen molar-refractivity contribution < 1.29 is 4.79 Å². The van der Waals surface area contributed by atoms with Crippen LogP contribution in [0.25, 0.3) is 0 Å². The summed E-state index contributed by atoms with van der Waals surface area (Å²) in [5.41, 5.74) is 3.14. The van der Waals surface area contributed by atoms with Crippen LogP contribution >= 0.6 is 15.9 Å². The minimum absolute atomic E-state index is 0.00654. The van der Waals surface area contributed by atoms with Crippen LogP contribution in [0.4, 0.5) is 5.69 Å². The molecule has 1 aromatic carbocycles. The summed E-state index contributed by atoms with van der Waals surface area (Å²) in [6.45, 7) is 9.29. The van der Waals surface area contributed by atoms with Crippen molar-refractivity contribution in [2.45, 2.75) is 46.6 Å². The number of halogens is 1. The van der Waals surface area contributed by atoms with Crippen molar-refractivity contribution >= 4 is 27.5 Å². The molecule has 0 spiro atoms. The van der Waals surface area contributed by atoms with E-state index in [9.17, 15) is 4.79 Å². The second-order valence-corrected chi connectivity index (χ2v) is 7.26. The molecule has 0 radical (unpaired) electrons. The summed E-state index contributed by atoms with van der Waals surface area (Å²) in [7, 11) is 0. The number of hydrogen-bond donors (Lipinski definition) is 2. The molecule has 0 bridgehead atoms. The Balaban J connectivity index is 2.20. The zero-order valence-corrected chi connectivity index (χ0v) is 14.2. The van der Waals surface area contributed by atoms with Crippen LogP contribution in [0.15, 0.2) is 16.6 Å². The number of benzene rings is 1. The smallest absolute Gasteiger partial charge is 0.242 e. The number of carbonyl (C=O) groups excluding carboxylic acids is 1. The van der Waals surface area contributed by atoms with E-state index in [1.807, 2.05) is 13.0 Å². The van der Waals surface area contributed by atoms with Gasteiger partial charge in [0.1, 0.15) is 0 Å². The van der Waals surface area contributed by atoms with Gasteiger partial charge in [-0.3, -0.25) is 4.79 Å². The molecule has 1 atom stereocenters. The molecule has 2 rings (SSSR count). The number of hydrogen-bond acceptors (Lipinski definition) is 2. The number of anilines is 1. The van der Waals surface area contributed by atoms with Crippen molar-refractivity contribution in [2.75, 3.05) is 11.9 Å². The number of carbonyl (C=O) groups is 1. The lowest BCUT2D eigenvalue weighted by molar-refractivity contribution is -0.121. The molecular weight excluding hydrogens is 316 g/mol. The third kappa shape index (κ3) is 3.23. The Morgan fingerprint density at radius 1 is 1.40 bits per heavy atom. The van der Waals surface area contributed by atoms with E-state index >= 15 is 0 Å². The molecule has 0 saturated carbocycles. The summed E-state index contributed by atoms with van der Waals surface area (Å²) in [6, 6.07) is 3.98. The van der Waals surface area contributed by atoms with Crippen LogP contribution in [0.3, 0.4) is 0 Å². The fraction of sp³-hybridized carbons (Fsp3) is 0.562. The van der Waals surface area contributed by atoms with Gasteiger partial charge in [0, 0.05) is 4.47 Å². The zero-order valence-electron chi connectivity index (χ0n) is 12.6. The quantitative estimate of drug-likeness (QED) is 0.861. The number of amides is 1. The van der Waals surface area contributed by atoms with Crippen molar-refractivity contribution in [3.8, 4) is 0 Å². The Morgan fingerprint density at radius 3 is 2.70 bits per heavy atom. The highest BCUT2D eigenvalue weighted by Gasteiger charge is 2.37. The van der Waals surface area contributed by atoms with Gasteiger partial charge in [0.25, 0.3) is 0 Å². The predicted octanol–water partition coefficient (Wildman–Crippen LogP) is 3.78. The van der Waals surface area contributed by atoms with Gasteiger partial charge in [0.05, 0.1) is 11.7 Å². The molecule has 0 aromatic heterocycles. The molecule has 4 heteroatoms. The minimum Gasteiger partial charge on any atom is -0.323 e. The molecular formula is C16H23BrN2O. The van der Waals surface area contributed by atoms with Crippen LogP contribution in [0.2, 0.25) is 0 Å². The maximum atomic E-state index is 12.6. The molecule has 1 aliphatic heterocycles. The summed E-state index contributed by atoms with van der Waals surface area (Å²) in [6.07, 6.45) is 2.20. The monoisotopic (exact) mass is 338 g/mol. The van der Waals surface area contributed by atoms with Gasteiger partial charge >= 0.3 is 0 Å². The average molecular weight is 339 g/mol. The summed E-state index contributed by atoms with van der Waals surface area (Å²) in [4.78, 5) is 12.6. The van der Waals surface area contributed by atoms with Gasteiger partial charge in [-0.2, -0.15) is 0 Å². The summed E-state index contributed by atoms with van der Waals surface area (Å²) >= 11 is 3.54. The lowest BCUT2D eigenvalue weighted by atomic mass is 9.77. The molecule has 1 saturated heterocycles. The number of nitrogens with one attached hydrogen (secondary N) is 2. The molecule has 20 heavy (non-hydrogen) atoms. The van der Waals surface area contributed by atoms with Crippen LogP contribution in [0, 0.1) is 19.3 Å². The van der Waals surface area contributed by atoms with Crippen molar-refractivity contribution in [1.82, 2.24) is 5.32 Å². The van der Waals surface area contributed by atoms with E-state index in [2.05, 4.69) is 53.4 Å². The van der Waals surface area contributed by atoms with E-state index in [1.165, 1.54) is 5.56 Å². The normalized spacial score (nSPS) is 21.6. The fourth-order valence-corrected chi connectivity index (χ4v) is 3.70. The molecule has 1 aliphatic rings. The summed E-state index contributed by atoms with van der Waals surface area (Å²) in [5.74, 6) is 0.0577. The molecule has 110 valence electrons. The van der Waals surface area contributed by atoms with Gasteiger partial charge in [-0.25, -0.2) is 0 Å². The van der Waals surface area contributed by atoms with E-state index in [-0.39, 0.29) is 17.4 Å². The lowest BCUT2D eigenvalue weighted by Gasteiger charge is -2.38. The average Bonchev–Trinajstić information content (AvgIpc) is 2.32. The van der Waals surface area contributed by atoms with Crippen molar-refractivity contribution in [2.24, 2.45) is 5.41 Å². The zero-order chi connectivity index (χ0) is 14.9. The Bertz CT molecular complexity index is 502. The molecule has 1 aromatic rings. The molecule has 0 aliphatic carbocycles. The first-order valence-electron chi connectivity index (χ1n) is 7.12. The molecule has 1 amide bonds. The Kier molecular flexibility index (Phi) is 4.55. The molecule has 2 N–H and O–H groups in total. The van der Waals surface area contributed by atoms with Gasteiger partial charge in [-0.1, -0.05) is 19.9 Å². The standard InChI is InChI=1S/C16H23BrN2O/c1-10-8-11(2)13(12(17)9-10)19-15(20)14-16(3,4)6-5-7-18-14/h8-9,14,18H,5-7H2,1-4H3,(H,19,20). The lowest BCUT2D eigenvalue weighted by Crippen LogP contribution is -2.53. The Hall–Kier alpha value is -0.870. The first-order valence-corrected chi connectivity index (χ1v) is 7.91. The van der Waals surface area contributed by atoms with Crippen molar-refractivity contribution in [3.05, 3.63) is 27.7 Å². The van der Waals surface area contributed by atoms with Gasteiger partial charge in [0.2, 0.25) is 5.91 Å². The van der Waals surface area contributed by atoms with Crippen LogP contribution in [0.5, 0.6) is 0 Å². The van der Waals surface area contributed by atoms with E-state index in [0.717, 1.165) is 35.1 Å². The highest BCUT2D eigenvalue weighted by atomic mass is 79.9. The summed E-state index contributed by atoms with van der Waals surface area (Å²) < 4.78 is 0.942. The SMILES string of the molecule is Cc1cc(C)c(NC(=O)C2NCCCC2(C)C)c(Br)c1. The second kappa shape index (κ2) is 5.86. The van der Waals surface area contributed by atoms with E-state index < -0.39 is 0 Å². The third-order valence-electron chi connectivity index (χ3n) is 4.07. The summed E-state index contributed by atoms with van der Waals surface area (Å²) in [5, 5.41) is 6.44. The molecule has 1 fully saturated rings. The van der Waals surface area contributed by atoms with E-state index in [0.29, 0.717) is 0 Å². The fourth-order valence-electron chi connectivity index (χ4n) is 2.93.